The Morgan fingerprint density at radius 2 is 2.20 bits per heavy atom. The first kappa shape index (κ1) is 17.2. The molecule has 25 heavy (non-hydrogen) atoms. The number of nitrogens with zero attached hydrogens (tertiary/aromatic N) is 2. The molecule has 1 aromatic carbocycles. The molecule has 0 amide bonds. The third-order valence-electron chi connectivity index (χ3n) is 4.24. The summed E-state index contributed by atoms with van der Waals surface area (Å²) in [6.07, 6.45) is 3.48. The maximum Gasteiger partial charge on any atom is 0.339 e. The molecular weight excluding hydrogens is 321 g/mol. The molecule has 0 bridgehead atoms. The van der Waals surface area contributed by atoms with E-state index < -0.39 is 0 Å². The van der Waals surface area contributed by atoms with Crippen LogP contribution in [-0.4, -0.2) is 36.7 Å². The summed E-state index contributed by atoms with van der Waals surface area (Å²) in [5, 5.41) is 3.37. The highest BCUT2D eigenvalue weighted by atomic mass is 19.1. The van der Waals surface area contributed by atoms with Crippen molar-refractivity contribution in [1.82, 2.24) is 4.98 Å². The van der Waals surface area contributed by atoms with E-state index in [1.54, 1.807) is 25.1 Å². The zero-order valence-corrected chi connectivity index (χ0v) is 14.2. The number of anilines is 2. The molecule has 6 heteroatoms. The van der Waals surface area contributed by atoms with Crippen molar-refractivity contribution in [2.75, 3.05) is 29.9 Å². The number of hydrogen-bond acceptors (Lipinski definition) is 5. The molecule has 0 radical (unpaired) electrons. The average molecular weight is 343 g/mol. The van der Waals surface area contributed by atoms with Crippen LogP contribution in [-0.2, 0) is 4.74 Å². The maximum absolute atomic E-state index is 14.0. The highest BCUT2D eigenvalue weighted by molar-refractivity contribution is 5.89. The number of rotatable bonds is 5. The molecule has 5 nitrogen and oxygen atoms in total. The number of aromatic nitrogens is 1. The minimum atomic E-state index is -0.370. The van der Waals surface area contributed by atoms with E-state index in [9.17, 15) is 9.18 Å². The van der Waals surface area contributed by atoms with Gasteiger partial charge in [-0.05, 0) is 44.0 Å². The first-order chi connectivity index (χ1) is 12.2. The first-order valence-electron chi connectivity index (χ1n) is 8.56. The lowest BCUT2D eigenvalue weighted by molar-refractivity contribution is 0.0526. The fourth-order valence-corrected chi connectivity index (χ4v) is 3.05. The summed E-state index contributed by atoms with van der Waals surface area (Å²) in [5.74, 6) is 0.137. The van der Waals surface area contributed by atoms with Gasteiger partial charge in [0, 0.05) is 25.3 Å². The van der Waals surface area contributed by atoms with Crippen molar-refractivity contribution in [3.63, 3.8) is 0 Å². The number of halogens is 1. The Morgan fingerprint density at radius 3 is 2.92 bits per heavy atom. The van der Waals surface area contributed by atoms with E-state index in [0.717, 1.165) is 19.4 Å². The fourth-order valence-electron chi connectivity index (χ4n) is 3.05. The lowest BCUT2D eigenvalue weighted by atomic mass is 10.0. The fraction of sp³-hybridized carbons (Fsp3) is 0.368. The molecule has 132 valence electrons. The van der Waals surface area contributed by atoms with E-state index in [1.165, 1.54) is 12.3 Å². The van der Waals surface area contributed by atoms with Crippen molar-refractivity contribution >= 4 is 17.5 Å². The molecule has 1 saturated heterocycles. The number of piperidine rings is 1. The standard InChI is InChI=1S/C19H22FN3O2/c1-2-25-19(24)14-9-10-18(21-12-14)22-15-6-5-11-23(13-15)17-8-4-3-7-16(17)20/h3-4,7-10,12,15H,2,5-6,11,13H2,1H3,(H,21,22). The van der Waals surface area contributed by atoms with Gasteiger partial charge < -0.3 is 15.0 Å². The highest BCUT2D eigenvalue weighted by Gasteiger charge is 2.22. The predicted octanol–water partition coefficient (Wildman–Crippen LogP) is 3.48. The summed E-state index contributed by atoms with van der Waals surface area (Å²) in [7, 11) is 0. The zero-order valence-electron chi connectivity index (χ0n) is 14.2. The van der Waals surface area contributed by atoms with Gasteiger partial charge in [0.25, 0.3) is 0 Å². The van der Waals surface area contributed by atoms with Gasteiger partial charge in [-0.25, -0.2) is 14.2 Å². The average Bonchev–Trinajstić information content (AvgIpc) is 2.63. The van der Waals surface area contributed by atoms with Crippen LogP contribution < -0.4 is 10.2 Å². The maximum atomic E-state index is 14.0. The third-order valence-corrected chi connectivity index (χ3v) is 4.24. The van der Waals surface area contributed by atoms with Gasteiger partial charge in [0.05, 0.1) is 17.9 Å². The SMILES string of the molecule is CCOC(=O)c1ccc(NC2CCCN(c3ccccc3F)C2)nc1. The van der Waals surface area contributed by atoms with Crippen LogP contribution in [0.2, 0.25) is 0 Å². The summed E-state index contributed by atoms with van der Waals surface area (Å²) in [4.78, 5) is 18.0. The quantitative estimate of drug-likeness (QED) is 0.843. The Hall–Kier alpha value is -2.63. The number of para-hydroxylation sites is 1. The highest BCUT2D eigenvalue weighted by Crippen LogP contribution is 2.24. The molecule has 1 N–H and O–H groups in total. The van der Waals surface area contributed by atoms with Gasteiger partial charge in [-0.15, -0.1) is 0 Å². The van der Waals surface area contributed by atoms with Crippen LogP contribution in [0, 0.1) is 5.82 Å². The van der Waals surface area contributed by atoms with Crippen LogP contribution in [0.5, 0.6) is 0 Å². The van der Waals surface area contributed by atoms with Gasteiger partial charge in [-0.3, -0.25) is 0 Å². The number of hydrogen-bond donors (Lipinski definition) is 1. The number of carbonyl (C=O) groups is 1. The lowest BCUT2D eigenvalue weighted by Crippen LogP contribution is -2.42. The molecule has 2 aromatic rings. The molecule has 0 spiro atoms. The topological polar surface area (TPSA) is 54.5 Å². The molecule has 1 atom stereocenters. The van der Waals surface area contributed by atoms with Crippen molar-refractivity contribution in [2.45, 2.75) is 25.8 Å². The Morgan fingerprint density at radius 1 is 1.36 bits per heavy atom. The number of carbonyl (C=O) groups excluding carboxylic acids is 1. The monoisotopic (exact) mass is 343 g/mol. The normalized spacial score (nSPS) is 17.2. The summed E-state index contributed by atoms with van der Waals surface area (Å²) in [6.45, 7) is 3.66. The summed E-state index contributed by atoms with van der Waals surface area (Å²) >= 11 is 0. The lowest BCUT2D eigenvalue weighted by Gasteiger charge is -2.35. The number of esters is 1. The van der Waals surface area contributed by atoms with E-state index in [4.69, 9.17) is 4.74 Å². The largest absolute Gasteiger partial charge is 0.462 e. The van der Waals surface area contributed by atoms with Crippen molar-refractivity contribution in [3.8, 4) is 0 Å². The first-order valence-corrected chi connectivity index (χ1v) is 8.56. The second-order valence-electron chi connectivity index (χ2n) is 6.03. The van der Waals surface area contributed by atoms with E-state index in [2.05, 4.69) is 15.2 Å². The molecule has 3 rings (SSSR count). The van der Waals surface area contributed by atoms with E-state index in [-0.39, 0.29) is 17.8 Å². The van der Waals surface area contributed by atoms with Crippen molar-refractivity contribution < 1.29 is 13.9 Å². The van der Waals surface area contributed by atoms with Gasteiger partial charge in [-0.1, -0.05) is 12.1 Å². The van der Waals surface area contributed by atoms with Crippen LogP contribution in [0.4, 0.5) is 15.9 Å². The minimum Gasteiger partial charge on any atom is -0.462 e. The van der Waals surface area contributed by atoms with E-state index in [0.29, 0.717) is 30.2 Å². The summed E-state index contributed by atoms with van der Waals surface area (Å²) < 4.78 is 18.9. The van der Waals surface area contributed by atoms with Crippen LogP contribution in [0.25, 0.3) is 0 Å². The Bertz CT molecular complexity index is 721. The van der Waals surface area contributed by atoms with Gasteiger partial charge in [-0.2, -0.15) is 0 Å². The molecule has 1 aliphatic rings. The Balaban J connectivity index is 1.63. The van der Waals surface area contributed by atoms with Crippen molar-refractivity contribution in [3.05, 3.63) is 54.0 Å². The molecule has 0 aliphatic carbocycles. The Labute approximate surface area is 146 Å². The molecule has 1 fully saturated rings. The summed E-state index contributed by atoms with van der Waals surface area (Å²) in [6, 6.07) is 10.5. The second-order valence-corrected chi connectivity index (χ2v) is 6.03. The summed E-state index contributed by atoms with van der Waals surface area (Å²) in [5.41, 5.74) is 1.07. The van der Waals surface area contributed by atoms with Crippen molar-refractivity contribution in [1.29, 1.82) is 0 Å². The van der Waals surface area contributed by atoms with Gasteiger partial charge in [0.15, 0.2) is 0 Å². The molecule has 1 unspecified atom stereocenters. The molecule has 2 heterocycles. The number of benzene rings is 1. The molecule has 0 saturated carbocycles. The van der Waals surface area contributed by atoms with Gasteiger partial charge in [0.2, 0.25) is 0 Å². The number of nitrogens with one attached hydrogen (secondary N) is 1. The van der Waals surface area contributed by atoms with E-state index in [1.807, 2.05) is 12.1 Å². The van der Waals surface area contributed by atoms with Crippen LogP contribution in [0.3, 0.4) is 0 Å². The van der Waals surface area contributed by atoms with Gasteiger partial charge >= 0.3 is 5.97 Å². The molecule has 1 aromatic heterocycles. The third kappa shape index (κ3) is 4.26. The predicted molar refractivity (Wildman–Crippen MR) is 95.5 cm³/mol. The molecule has 1 aliphatic heterocycles. The number of ether oxygens (including phenoxy) is 1. The minimum absolute atomic E-state index is 0.175. The van der Waals surface area contributed by atoms with Crippen LogP contribution in [0.15, 0.2) is 42.6 Å². The second kappa shape index (κ2) is 7.96. The Kier molecular flexibility index (Phi) is 5.48. The van der Waals surface area contributed by atoms with Crippen LogP contribution >= 0.6 is 0 Å². The smallest absolute Gasteiger partial charge is 0.339 e. The zero-order chi connectivity index (χ0) is 17.6. The van der Waals surface area contributed by atoms with Crippen molar-refractivity contribution in [2.24, 2.45) is 0 Å². The van der Waals surface area contributed by atoms with Crippen LogP contribution in [0.1, 0.15) is 30.1 Å². The molecular formula is C19H22FN3O2. The van der Waals surface area contributed by atoms with E-state index >= 15 is 0 Å². The number of pyridine rings is 1. The van der Waals surface area contributed by atoms with Gasteiger partial charge in [0.1, 0.15) is 11.6 Å².